The average Bonchev–Trinajstić information content (AvgIpc) is 3.00. The van der Waals surface area contributed by atoms with Crippen molar-refractivity contribution in [3.8, 4) is 28.7 Å². The van der Waals surface area contributed by atoms with E-state index in [9.17, 15) is 14.4 Å². The zero-order valence-electron chi connectivity index (χ0n) is 23.4. The van der Waals surface area contributed by atoms with Crippen LogP contribution in [0.1, 0.15) is 46.0 Å². The van der Waals surface area contributed by atoms with Gasteiger partial charge < -0.3 is 29.0 Å². The van der Waals surface area contributed by atoms with Crippen molar-refractivity contribution in [3.63, 3.8) is 0 Å². The smallest absolute Gasteiger partial charge is 0.343 e. The predicted octanol–water partition coefficient (Wildman–Crippen LogP) is 3.99. The first-order chi connectivity index (χ1) is 19.9. The number of unbranched alkanes of at least 4 members (excludes halogenated alkanes) is 1. The highest BCUT2D eigenvalue weighted by Crippen LogP contribution is 2.38. The summed E-state index contributed by atoms with van der Waals surface area (Å²) in [4.78, 5) is 37.1. The van der Waals surface area contributed by atoms with Crippen LogP contribution in [-0.4, -0.2) is 58.5 Å². The molecule has 0 aromatic heterocycles. The summed E-state index contributed by atoms with van der Waals surface area (Å²) in [6, 6.07) is 16.3. The topological polar surface area (TPSA) is 134 Å². The quantitative estimate of drug-likeness (QED) is 0.0989. The number of benzene rings is 3. The van der Waals surface area contributed by atoms with Gasteiger partial charge in [-0.25, -0.2) is 10.2 Å². The molecule has 11 nitrogen and oxygen atoms in total. The summed E-state index contributed by atoms with van der Waals surface area (Å²) in [7, 11) is 4.34. The summed E-state index contributed by atoms with van der Waals surface area (Å²) in [5.74, 6) is 0.498. The van der Waals surface area contributed by atoms with Crippen molar-refractivity contribution in [2.45, 2.75) is 19.8 Å². The van der Waals surface area contributed by atoms with Gasteiger partial charge in [0.05, 0.1) is 46.3 Å². The first kappa shape index (κ1) is 30.5. The van der Waals surface area contributed by atoms with Crippen LogP contribution in [0.25, 0.3) is 0 Å². The molecule has 11 heteroatoms. The molecule has 0 bridgehead atoms. The number of hydrogen-bond acceptors (Lipinski definition) is 9. The van der Waals surface area contributed by atoms with Crippen LogP contribution in [0.4, 0.5) is 0 Å². The van der Waals surface area contributed by atoms with Crippen LogP contribution in [0.3, 0.4) is 0 Å². The summed E-state index contributed by atoms with van der Waals surface area (Å²) in [6.07, 6.45) is 3.43. The van der Waals surface area contributed by atoms with Gasteiger partial charge in [0, 0.05) is 5.56 Å². The Labute approximate surface area is 238 Å². The Kier molecular flexibility index (Phi) is 11.5. The fourth-order valence-electron chi connectivity index (χ4n) is 3.50. The highest BCUT2D eigenvalue weighted by molar-refractivity contribution is 5.97. The summed E-state index contributed by atoms with van der Waals surface area (Å²) in [5, 5.41) is 6.40. The molecule has 2 amide bonds. The van der Waals surface area contributed by atoms with Crippen LogP contribution in [-0.2, 0) is 4.79 Å². The fourth-order valence-corrected chi connectivity index (χ4v) is 3.50. The molecule has 2 N–H and O–H groups in total. The van der Waals surface area contributed by atoms with Gasteiger partial charge in [-0.1, -0.05) is 13.3 Å². The number of esters is 1. The third-order valence-corrected chi connectivity index (χ3v) is 5.69. The summed E-state index contributed by atoms with van der Waals surface area (Å²) >= 11 is 0. The summed E-state index contributed by atoms with van der Waals surface area (Å²) < 4.78 is 26.7. The molecule has 0 spiro atoms. The van der Waals surface area contributed by atoms with E-state index < -0.39 is 17.8 Å². The van der Waals surface area contributed by atoms with E-state index in [4.69, 9.17) is 23.7 Å². The van der Waals surface area contributed by atoms with Crippen LogP contribution in [0.15, 0.2) is 65.8 Å². The van der Waals surface area contributed by atoms with E-state index in [1.165, 1.54) is 39.7 Å². The van der Waals surface area contributed by atoms with E-state index in [1.807, 2.05) is 0 Å². The Morgan fingerprint density at radius 1 is 0.829 bits per heavy atom. The Morgan fingerprint density at radius 2 is 1.46 bits per heavy atom. The molecule has 0 unspecified atom stereocenters. The van der Waals surface area contributed by atoms with Crippen LogP contribution in [0.2, 0.25) is 0 Å². The number of ether oxygens (including phenoxy) is 5. The van der Waals surface area contributed by atoms with Gasteiger partial charge in [0.2, 0.25) is 5.75 Å². The second-order valence-corrected chi connectivity index (χ2v) is 8.57. The number of carbonyl (C=O) groups is 3. The number of hydrogen-bond donors (Lipinski definition) is 2. The molecule has 0 saturated heterocycles. The van der Waals surface area contributed by atoms with Crippen LogP contribution < -0.4 is 34.4 Å². The van der Waals surface area contributed by atoms with Crippen molar-refractivity contribution in [3.05, 3.63) is 77.4 Å². The summed E-state index contributed by atoms with van der Waals surface area (Å²) in [6.45, 7) is 2.41. The zero-order valence-corrected chi connectivity index (χ0v) is 23.4. The largest absolute Gasteiger partial charge is 0.494 e. The van der Waals surface area contributed by atoms with Crippen molar-refractivity contribution in [2.24, 2.45) is 5.10 Å². The lowest BCUT2D eigenvalue weighted by Gasteiger charge is -2.14. The van der Waals surface area contributed by atoms with E-state index in [0.29, 0.717) is 46.5 Å². The molecule has 3 rings (SSSR count). The highest BCUT2D eigenvalue weighted by Gasteiger charge is 2.17. The van der Waals surface area contributed by atoms with Crippen molar-refractivity contribution >= 4 is 24.0 Å². The first-order valence-electron chi connectivity index (χ1n) is 12.8. The third kappa shape index (κ3) is 8.99. The SMILES string of the molecule is CCCCOc1ccc(C(=O)Oc2ccc(C=NNC(=O)CNC(=O)c3cc(OC)c(OC)c(OC)c3)cc2)cc1. The van der Waals surface area contributed by atoms with Gasteiger partial charge in [-0.2, -0.15) is 5.10 Å². The molecule has 0 radical (unpaired) electrons. The molecule has 41 heavy (non-hydrogen) atoms. The monoisotopic (exact) mass is 563 g/mol. The molecule has 3 aromatic rings. The number of nitrogens with one attached hydrogen (secondary N) is 2. The number of amides is 2. The fraction of sp³-hybridized carbons (Fsp3) is 0.267. The van der Waals surface area contributed by atoms with Gasteiger partial charge in [0.1, 0.15) is 11.5 Å². The van der Waals surface area contributed by atoms with E-state index in [2.05, 4.69) is 22.8 Å². The van der Waals surface area contributed by atoms with Crippen molar-refractivity contribution in [1.29, 1.82) is 0 Å². The van der Waals surface area contributed by atoms with E-state index in [0.717, 1.165) is 12.8 Å². The van der Waals surface area contributed by atoms with Gasteiger partial charge in [0.15, 0.2) is 11.5 Å². The molecular formula is C30H33N3O8. The minimum absolute atomic E-state index is 0.227. The van der Waals surface area contributed by atoms with E-state index >= 15 is 0 Å². The summed E-state index contributed by atoms with van der Waals surface area (Å²) in [5.41, 5.74) is 3.62. The second-order valence-electron chi connectivity index (χ2n) is 8.57. The van der Waals surface area contributed by atoms with E-state index in [1.54, 1.807) is 48.5 Å². The van der Waals surface area contributed by atoms with Gasteiger partial charge in [-0.3, -0.25) is 9.59 Å². The Bertz CT molecular complexity index is 1330. The van der Waals surface area contributed by atoms with Gasteiger partial charge >= 0.3 is 5.97 Å². The maximum absolute atomic E-state index is 12.5. The van der Waals surface area contributed by atoms with Gasteiger partial charge in [-0.05, 0) is 72.6 Å². The predicted molar refractivity (Wildman–Crippen MR) is 152 cm³/mol. The zero-order chi connectivity index (χ0) is 29.6. The molecule has 0 atom stereocenters. The molecule has 216 valence electrons. The molecule has 0 aliphatic carbocycles. The first-order valence-corrected chi connectivity index (χ1v) is 12.8. The number of nitrogens with zero attached hydrogens (tertiary/aromatic N) is 1. The van der Waals surface area contributed by atoms with Gasteiger partial charge in [0.25, 0.3) is 11.8 Å². The Balaban J connectivity index is 1.46. The van der Waals surface area contributed by atoms with E-state index in [-0.39, 0.29) is 12.1 Å². The number of carbonyl (C=O) groups excluding carboxylic acids is 3. The normalized spacial score (nSPS) is 10.5. The molecule has 0 aliphatic heterocycles. The lowest BCUT2D eigenvalue weighted by molar-refractivity contribution is -0.120. The maximum atomic E-state index is 12.5. The van der Waals surface area contributed by atoms with Crippen LogP contribution in [0.5, 0.6) is 28.7 Å². The lowest BCUT2D eigenvalue weighted by Crippen LogP contribution is -2.34. The molecular weight excluding hydrogens is 530 g/mol. The molecule has 0 aliphatic rings. The van der Waals surface area contributed by atoms with Crippen molar-refractivity contribution < 1.29 is 38.1 Å². The average molecular weight is 564 g/mol. The minimum atomic E-state index is -0.533. The number of methoxy groups -OCH3 is 3. The molecule has 0 fully saturated rings. The minimum Gasteiger partial charge on any atom is -0.494 e. The van der Waals surface area contributed by atoms with Crippen molar-refractivity contribution in [1.82, 2.24) is 10.7 Å². The molecule has 0 saturated carbocycles. The van der Waals surface area contributed by atoms with Crippen LogP contribution in [0, 0.1) is 0 Å². The maximum Gasteiger partial charge on any atom is 0.343 e. The molecule has 3 aromatic carbocycles. The third-order valence-electron chi connectivity index (χ3n) is 5.69. The lowest BCUT2D eigenvalue weighted by atomic mass is 10.1. The van der Waals surface area contributed by atoms with Crippen molar-refractivity contribution in [2.75, 3.05) is 34.5 Å². The molecule has 0 heterocycles. The highest BCUT2D eigenvalue weighted by atomic mass is 16.5. The number of rotatable bonds is 14. The Morgan fingerprint density at radius 3 is 2.05 bits per heavy atom. The standard InChI is InChI=1S/C30H33N3O8/c1-5-6-15-40-23-13-9-21(10-14-23)30(36)41-24-11-7-20(8-12-24)18-32-33-27(34)19-31-29(35)22-16-25(37-2)28(39-4)26(17-22)38-3/h7-14,16-18H,5-6,15,19H2,1-4H3,(H,31,35)(H,33,34). The van der Waals surface area contributed by atoms with Gasteiger partial charge in [-0.15, -0.1) is 0 Å². The number of hydrazone groups is 1. The Hall–Kier alpha value is -5.06. The second kappa shape index (κ2) is 15.5. The van der Waals surface area contributed by atoms with Crippen LogP contribution >= 0.6 is 0 Å².